The van der Waals surface area contributed by atoms with Crippen LogP contribution in [-0.2, 0) is 26.7 Å². The Kier molecular flexibility index (Phi) is 5.78. The molecule has 136 valence electrons. The number of thiophene rings is 1. The minimum absolute atomic E-state index is 0.0435. The normalized spacial score (nSPS) is 12.4. The first-order valence-corrected chi connectivity index (χ1v) is 10.6. The molecule has 1 aromatic carbocycles. The van der Waals surface area contributed by atoms with Gasteiger partial charge < -0.3 is 5.11 Å². The van der Waals surface area contributed by atoms with E-state index in [4.69, 9.17) is 11.6 Å². The van der Waals surface area contributed by atoms with Gasteiger partial charge in [0.25, 0.3) is 0 Å². The quantitative estimate of drug-likeness (QED) is 0.799. The fourth-order valence-electron chi connectivity index (χ4n) is 2.50. The van der Waals surface area contributed by atoms with Crippen molar-refractivity contribution in [3.05, 3.63) is 50.9 Å². The molecule has 0 aliphatic heterocycles. The lowest BCUT2D eigenvalue weighted by molar-refractivity contribution is -0.116. The number of ketones is 1. The summed E-state index contributed by atoms with van der Waals surface area (Å²) in [5.74, 6) is -0.932. The Labute approximate surface area is 157 Å². The number of hydrogen-bond acceptors (Lipinski definition) is 5. The van der Waals surface area contributed by atoms with E-state index in [1.165, 1.54) is 6.07 Å². The van der Waals surface area contributed by atoms with E-state index < -0.39 is 21.2 Å². The van der Waals surface area contributed by atoms with Gasteiger partial charge in [-0.15, -0.1) is 11.3 Å². The molecule has 0 radical (unpaired) electrons. The highest BCUT2D eigenvalue weighted by Gasteiger charge is 2.25. The first-order chi connectivity index (χ1) is 11.4. The molecular weight excluding hydrogens is 380 g/mol. The molecule has 0 fully saturated rings. The number of aryl methyl sites for hydroxylation is 2. The van der Waals surface area contributed by atoms with Crippen LogP contribution < -0.4 is 0 Å². The van der Waals surface area contributed by atoms with Crippen molar-refractivity contribution in [3.8, 4) is 0 Å². The molecule has 1 N–H and O–H groups in total. The number of rotatable bonds is 6. The number of hydrogen-bond donors (Lipinski definition) is 1. The molecule has 4 nitrogen and oxygen atoms in total. The maximum Gasteiger partial charge on any atom is 0.194 e. The summed E-state index contributed by atoms with van der Waals surface area (Å²) < 4.78 is 25.0. The van der Waals surface area contributed by atoms with Crippen molar-refractivity contribution in [1.82, 2.24) is 0 Å². The first-order valence-electron chi connectivity index (χ1n) is 7.71. The monoisotopic (exact) mass is 400 g/mol. The van der Waals surface area contributed by atoms with Gasteiger partial charge in [0, 0.05) is 11.4 Å². The smallest absolute Gasteiger partial charge is 0.194 e. The summed E-state index contributed by atoms with van der Waals surface area (Å²) in [5.41, 5.74) is 1.88. The highest BCUT2D eigenvalue weighted by Crippen LogP contribution is 2.29. The molecule has 0 saturated carbocycles. The summed E-state index contributed by atoms with van der Waals surface area (Å²) in [7, 11) is -3.72. The molecule has 0 spiro atoms. The van der Waals surface area contributed by atoms with Crippen LogP contribution in [0.25, 0.3) is 0 Å². The zero-order valence-corrected chi connectivity index (χ0v) is 17.0. The van der Waals surface area contributed by atoms with Crippen LogP contribution in [0.15, 0.2) is 27.8 Å². The molecule has 0 bridgehead atoms. The molecule has 25 heavy (non-hydrogen) atoms. The van der Waals surface area contributed by atoms with Crippen LogP contribution in [0.1, 0.15) is 36.1 Å². The summed E-state index contributed by atoms with van der Waals surface area (Å²) in [6.07, 6.45) is 0.0435. The van der Waals surface area contributed by atoms with E-state index in [0.717, 1.165) is 28.0 Å². The number of benzene rings is 1. The zero-order chi connectivity index (χ0) is 19.0. The lowest BCUT2D eigenvalue weighted by Gasteiger charge is -2.14. The highest BCUT2D eigenvalue weighted by molar-refractivity contribution is 7.94. The van der Waals surface area contributed by atoms with Crippen molar-refractivity contribution < 1.29 is 18.3 Å². The van der Waals surface area contributed by atoms with Crippen LogP contribution in [0.3, 0.4) is 0 Å². The largest absolute Gasteiger partial charge is 0.386 e. The van der Waals surface area contributed by atoms with E-state index in [0.29, 0.717) is 10.6 Å². The third kappa shape index (κ3) is 4.91. The van der Waals surface area contributed by atoms with Crippen LogP contribution in [0.5, 0.6) is 0 Å². The Morgan fingerprint density at radius 1 is 1.20 bits per heavy atom. The summed E-state index contributed by atoms with van der Waals surface area (Å²) >= 11 is 7.13. The van der Waals surface area contributed by atoms with Crippen molar-refractivity contribution in [2.45, 2.75) is 43.9 Å². The van der Waals surface area contributed by atoms with Gasteiger partial charge in [-0.2, -0.15) is 0 Å². The Morgan fingerprint density at radius 3 is 2.24 bits per heavy atom. The van der Waals surface area contributed by atoms with Crippen LogP contribution in [-0.4, -0.2) is 25.1 Å². The van der Waals surface area contributed by atoms with Crippen molar-refractivity contribution in [3.63, 3.8) is 0 Å². The minimum atomic E-state index is -3.72. The Bertz CT molecular complexity index is 882. The van der Waals surface area contributed by atoms with Gasteiger partial charge in [0.15, 0.2) is 15.6 Å². The molecule has 7 heteroatoms. The Balaban J connectivity index is 2.15. The third-order valence-electron chi connectivity index (χ3n) is 3.84. The molecular formula is C18H21ClO4S2. The molecule has 0 aliphatic rings. The van der Waals surface area contributed by atoms with E-state index in [9.17, 15) is 18.3 Å². The van der Waals surface area contributed by atoms with Crippen LogP contribution in [0.4, 0.5) is 0 Å². The number of Topliss-reactive ketones (excluding diaryl/α,β-unsaturated/α-hetero) is 1. The van der Waals surface area contributed by atoms with E-state index in [1.807, 2.05) is 13.8 Å². The number of carbonyl (C=O) groups is 1. The number of halogens is 1. The highest BCUT2D eigenvalue weighted by atomic mass is 35.5. The first kappa shape index (κ1) is 20.1. The molecule has 1 aromatic heterocycles. The van der Waals surface area contributed by atoms with E-state index in [-0.39, 0.29) is 16.4 Å². The fourth-order valence-corrected chi connectivity index (χ4v) is 5.29. The Hall–Kier alpha value is -1.21. The summed E-state index contributed by atoms with van der Waals surface area (Å²) in [4.78, 5) is 12.3. The zero-order valence-electron chi connectivity index (χ0n) is 14.6. The van der Waals surface area contributed by atoms with Crippen LogP contribution in [0.2, 0.25) is 5.02 Å². The van der Waals surface area contributed by atoms with Crippen LogP contribution >= 0.6 is 22.9 Å². The van der Waals surface area contributed by atoms with E-state index >= 15 is 0 Å². The number of carbonyl (C=O) groups excluding carboxylic acids is 1. The van der Waals surface area contributed by atoms with Crippen molar-refractivity contribution in [2.75, 3.05) is 5.75 Å². The van der Waals surface area contributed by atoms with Crippen molar-refractivity contribution in [2.24, 2.45) is 0 Å². The SMILES string of the molecule is Cc1cc(CC(=O)CS(=O)(=O)c2cc(C(C)(C)O)cs2)cc(C)c1Cl. The second kappa shape index (κ2) is 7.19. The molecule has 0 unspecified atom stereocenters. The van der Waals surface area contributed by atoms with Crippen LogP contribution in [0, 0.1) is 13.8 Å². The minimum Gasteiger partial charge on any atom is -0.386 e. The van der Waals surface area contributed by atoms with Gasteiger partial charge in [-0.25, -0.2) is 8.42 Å². The maximum absolute atomic E-state index is 12.4. The molecule has 1 heterocycles. The predicted octanol–water partition coefficient (Wildman–Crippen LogP) is 3.83. The van der Waals surface area contributed by atoms with E-state index in [1.54, 1.807) is 31.4 Å². The molecule has 0 saturated heterocycles. The van der Waals surface area contributed by atoms with E-state index in [2.05, 4.69) is 0 Å². The van der Waals surface area contributed by atoms with Gasteiger partial charge in [0.1, 0.15) is 9.96 Å². The average molecular weight is 401 g/mol. The second-order valence-corrected chi connectivity index (χ2v) is 10.2. The van der Waals surface area contributed by atoms with Crippen molar-refractivity contribution in [1.29, 1.82) is 0 Å². The topological polar surface area (TPSA) is 71.4 Å². The third-order valence-corrected chi connectivity index (χ3v) is 7.64. The summed E-state index contributed by atoms with van der Waals surface area (Å²) in [6.45, 7) is 6.87. The molecule has 2 rings (SSSR count). The lowest BCUT2D eigenvalue weighted by Crippen LogP contribution is -2.18. The van der Waals surface area contributed by atoms with Gasteiger partial charge in [0.05, 0.1) is 5.60 Å². The standard InChI is InChI=1S/C18H21ClO4S2/c1-11-5-13(6-12(2)17(11)19)7-15(20)10-25(22,23)16-8-14(9-24-16)18(3,4)21/h5-6,8-9,21H,7,10H2,1-4H3. The number of sulfone groups is 1. The molecule has 0 atom stereocenters. The van der Waals surface area contributed by atoms with Gasteiger partial charge in [0.2, 0.25) is 0 Å². The van der Waals surface area contributed by atoms with Gasteiger partial charge in [-0.3, -0.25) is 4.79 Å². The van der Waals surface area contributed by atoms with Crippen molar-refractivity contribution >= 4 is 38.6 Å². The van der Waals surface area contributed by atoms with Gasteiger partial charge in [-0.05, 0) is 61.4 Å². The second-order valence-electron chi connectivity index (χ2n) is 6.73. The fraction of sp³-hybridized carbons (Fsp3) is 0.389. The molecule has 2 aromatic rings. The number of aliphatic hydroxyl groups is 1. The average Bonchev–Trinajstić information content (AvgIpc) is 2.94. The maximum atomic E-state index is 12.4. The predicted molar refractivity (Wildman–Crippen MR) is 101 cm³/mol. The molecule has 0 aliphatic carbocycles. The van der Waals surface area contributed by atoms with Gasteiger partial charge >= 0.3 is 0 Å². The summed E-state index contributed by atoms with van der Waals surface area (Å²) in [6, 6.07) is 5.04. The lowest BCUT2D eigenvalue weighted by atomic mass is 10.0. The van der Waals surface area contributed by atoms with Gasteiger partial charge in [-0.1, -0.05) is 23.7 Å². The Morgan fingerprint density at radius 2 is 1.76 bits per heavy atom. The molecule has 0 amide bonds. The summed E-state index contributed by atoms with van der Waals surface area (Å²) in [5, 5.41) is 12.2.